The van der Waals surface area contributed by atoms with Crippen LogP contribution in [0.2, 0.25) is 0 Å². The molecule has 0 aliphatic carbocycles. The van der Waals surface area contributed by atoms with E-state index in [1.165, 1.54) is 23.1 Å². The third kappa shape index (κ3) is 4.02. The number of amides is 2. The number of hydrogen-bond acceptors (Lipinski definition) is 6. The van der Waals surface area contributed by atoms with Crippen LogP contribution in [-0.4, -0.2) is 32.0 Å². The zero-order chi connectivity index (χ0) is 16.9. The van der Waals surface area contributed by atoms with Crippen LogP contribution in [0.5, 0.6) is 0 Å². The van der Waals surface area contributed by atoms with E-state index < -0.39 is 0 Å². The number of nitrogens with one attached hydrogen (secondary N) is 2. The first kappa shape index (κ1) is 15.8. The number of tetrazole rings is 1. The average Bonchev–Trinajstić information content (AvgIpc) is 3.19. The van der Waals surface area contributed by atoms with E-state index in [1.54, 1.807) is 24.3 Å². The molecule has 3 rings (SSSR count). The minimum Gasteiger partial charge on any atom is -0.326 e. The van der Waals surface area contributed by atoms with Gasteiger partial charge in [0.2, 0.25) is 17.6 Å². The van der Waals surface area contributed by atoms with Crippen LogP contribution >= 0.6 is 11.3 Å². The van der Waals surface area contributed by atoms with Crippen molar-refractivity contribution in [1.29, 1.82) is 0 Å². The Morgan fingerprint density at radius 1 is 1.12 bits per heavy atom. The predicted molar refractivity (Wildman–Crippen MR) is 90.5 cm³/mol. The first-order valence-corrected chi connectivity index (χ1v) is 7.97. The van der Waals surface area contributed by atoms with Gasteiger partial charge in [-0.3, -0.25) is 9.59 Å². The number of nitrogens with zero attached hydrogens (tertiary/aromatic N) is 4. The summed E-state index contributed by atoms with van der Waals surface area (Å²) in [4.78, 5) is 25.1. The summed E-state index contributed by atoms with van der Waals surface area (Å²) in [6.07, 6.45) is 0. The standard InChI is InChI=1S/C15H14N6O2S/c1-10(22)16-11-4-6-12(7-5-11)17-14(23)9-21-19-15(18-20-21)13-3-2-8-24-13/h2-8H,9H2,1H3,(H,16,22)(H,17,23). The van der Waals surface area contributed by atoms with Crippen molar-refractivity contribution in [3.8, 4) is 10.7 Å². The third-order valence-corrected chi connectivity index (χ3v) is 3.83. The monoisotopic (exact) mass is 342 g/mol. The highest BCUT2D eigenvalue weighted by molar-refractivity contribution is 7.13. The van der Waals surface area contributed by atoms with Gasteiger partial charge in [0.1, 0.15) is 6.54 Å². The highest BCUT2D eigenvalue weighted by Crippen LogP contribution is 2.19. The van der Waals surface area contributed by atoms with Crippen molar-refractivity contribution in [2.75, 3.05) is 10.6 Å². The Kier molecular flexibility index (Phi) is 4.62. The fraction of sp³-hybridized carbons (Fsp3) is 0.133. The molecule has 0 bridgehead atoms. The van der Waals surface area contributed by atoms with Crippen molar-refractivity contribution in [2.24, 2.45) is 0 Å². The van der Waals surface area contributed by atoms with Crippen molar-refractivity contribution in [1.82, 2.24) is 20.2 Å². The summed E-state index contributed by atoms with van der Waals surface area (Å²) in [5.74, 6) is 0.0838. The number of hydrogen-bond donors (Lipinski definition) is 2. The van der Waals surface area contributed by atoms with Gasteiger partial charge in [-0.05, 0) is 40.9 Å². The molecule has 0 atom stereocenters. The second-order valence-electron chi connectivity index (χ2n) is 4.93. The number of carbonyl (C=O) groups is 2. The molecule has 8 nitrogen and oxygen atoms in total. The number of benzene rings is 1. The average molecular weight is 342 g/mol. The van der Waals surface area contributed by atoms with E-state index >= 15 is 0 Å². The predicted octanol–water partition coefficient (Wildman–Crippen LogP) is 2.00. The fourth-order valence-corrected chi connectivity index (χ4v) is 2.63. The molecule has 2 heterocycles. The lowest BCUT2D eigenvalue weighted by atomic mass is 10.2. The molecule has 1 aromatic carbocycles. The van der Waals surface area contributed by atoms with Crippen LogP contribution in [0.3, 0.4) is 0 Å². The minimum absolute atomic E-state index is 0.0359. The number of rotatable bonds is 5. The quantitative estimate of drug-likeness (QED) is 0.738. The molecule has 122 valence electrons. The van der Waals surface area contributed by atoms with Crippen LogP contribution in [-0.2, 0) is 16.1 Å². The van der Waals surface area contributed by atoms with Crippen LogP contribution in [0.15, 0.2) is 41.8 Å². The molecule has 0 fully saturated rings. The molecular weight excluding hydrogens is 328 g/mol. The van der Waals surface area contributed by atoms with Crippen molar-refractivity contribution in [3.05, 3.63) is 41.8 Å². The van der Waals surface area contributed by atoms with Crippen molar-refractivity contribution in [3.63, 3.8) is 0 Å². The summed E-state index contributed by atoms with van der Waals surface area (Å²) in [6, 6.07) is 10.6. The highest BCUT2D eigenvalue weighted by Gasteiger charge is 2.10. The zero-order valence-electron chi connectivity index (χ0n) is 12.8. The molecule has 0 spiro atoms. The van der Waals surface area contributed by atoms with Gasteiger partial charge in [0.25, 0.3) is 0 Å². The van der Waals surface area contributed by atoms with Crippen molar-refractivity contribution >= 4 is 34.5 Å². The summed E-state index contributed by atoms with van der Waals surface area (Å²) in [5.41, 5.74) is 1.28. The molecule has 3 aromatic rings. The van der Waals surface area contributed by atoms with Gasteiger partial charge in [0, 0.05) is 18.3 Å². The van der Waals surface area contributed by atoms with E-state index in [0.717, 1.165) is 4.88 Å². The number of anilines is 2. The lowest BCUT2D eigenvalue weighted by molar-refractivity contribution is -0.117. The van der Waals surface area contributed by atoms with Gasteiger partial charge in [-0.25, -0.2) is 0 Å². The molecule has 2 N–H and O–H groups in total. The lowest BCUT2D eigenvalue weighted by Crippen LogP contribution is -2.20. The Balaban J connectivity index is 1.58. The molecule has 0 saturated carbocycles. The summed E-state index contributed by atoms with van der Waals surface area (Å²) in [6.45, 7) is 1.40. The Hall–Kier alpha value is -3.07. The minimum atomic E-state index is -0.266. The van der Waals surface area contributed by atoms with Gasteiger partial charge >= 0.3 is 0 Å². The molecule has 0 aliphatic rings. The van der Waals surface area contributed by atoms with Gasteiger partial charge in [-0.15, -0.1) is 21.5 Å². The van der Waals surface area contributed by atoms with E-state index in [0.29, 0.717) is 17.2 Å². The number of carbonyl (C=O) groups excluding carboxylic acids is 2. The SMILES string of the molecule is CC(=O)Nc1ccc(NC(=O)Cn2nnc(-c3cccs3)n2)cc1. The summed E-state index contributed by atoms with van der Waals surface area (Å²) >= 11 is 1.51. The first-order valence-electron chi connectivity index (χ1n) is 7.09. The highest BCUT2D eigenvalue weighted by atomic mass is 32.1. The molecule has 24 heavy (non-hydrogen) atoms. The second-order valence-corrected chi connectivity index (χ2v) is 5.88. The largest absolute Gasteiger partial charge is 0.326 e. The number of aromatic nitrogens is 4. The molecule has 2 aromatic heterocycles. The van der Waals surface area contributed by atoms with Crippen LogP contribution in [0, 0.1) is 0 Å². The van der Waals surface area contributed by atoms with Crippen molar-refractivity contribution < 1.29 is 9.59 Å². The van der Waals surface area contributed by atoms with Gasteiger partial charge in [0.05, 0.1) is 4.88 Å². The Bertz CT molecular complexity index is 841. The summed E-state index contributed by atoms with van der Waals surface area (Å²) in [5, 5.41) is 19.3. The van der Waals surface area contributed by atoms with Gasteiger partial charge in [-0.1, -0.05) is 6.07 Å². The van der Waals surface area contributed by atoms with Crippen LogP contribution < -0.4 is 10.6 Å². The van der Waals surface area contributed by atoms with E-state index in [2.05, 4.69) is 26.0 Å². The maximum Gasteiger partial charge on any atom is 0.248 e. The second kappa shape index (κ2) is 7.01. The topological polar surface area (TPSA) is 102 Å². The van der Waals surface area contributed by atoms with Gasteiger partial charge in [0.15, 0.2) is 0 Å². The molecule has 9 heteroatoms. The first-order chi connectivity index (χ1) is 11.6. The fourth-order valence-electron chi connectivity index (χ4n) is 1.98. The van der Waals surface area contributed by atoms with E-state index in [9.17, 15) is 9.59 Å². The Labute approximate surface area is 141 Å². The molecule has 0 aliphatic heterocycles. The zero-order valence-corrected chi connectivity index (χ0v) is 13.6. The number of thiophene rings is 1. The summed E-state index contributed by atoms with van der Waals surface area (Å²) < 4.78 is 0. The Morgan fingerprint density at radius 2 is 1.83 bits per heavy atom. The third-order valence-electron chi connectivity index (χ3n) is 2.97. The molecule has 2 amide bonds. The maximum atomic E-state index is 12.0. The molecule has 0 unspecified atom stereocenters. The van der Waals surface area contributed by atoms with Crippen LogP contribution in [0.4, 0.5) is 11.4 Å². The van der Waals surface area contributed by atoms with Crippen LogP contribution in [0.25, 0.3) is 10.7 Å². The van der Waals surface area contributed by atoms with E-state index in [1.807, 2.05) is 17.5 Å². The van der Waals surface area contributed by atoms with Gasteiger partial charge < -0.3 is 10.6 Å². The van der Waals surface area contributed by atoms with E-state index in [4.69, 9.17) is 0 Å². The molecule has 0 saturated heterocycles. The lowest BCUT2D eigenvalue weighted by Gasteiger charge is -2.06. The van der Waals surface area contributed by atoms with Crippen LogP contribution in [0.1, 0.15) is 6.92 Å². The van der Waals surface area contributed by atoms with E-state index in [-0.39, 0.29) is 18.4 Å². The molecular formula is C15H14N6O2S. The summed E-state index contributed by atoms with van der Waals surface area (Å²) in [7, 11) is 0. The van der Waals surface area contributed by atoms with Gasteiger partial charge in [-0.2, -0.15) is 4.80 Å². The maximum absolute atomic E-state index is 12.0. The molecule has 0 radical (unpaired) electrons. The smallest absolute Gasteiger partial charge is 0.248 e. The normalized spacial score (nSPS) is 10.4. The Morgan fingerprint density at radius 3 is 2.46 bits per heavy atom. The van der Waals surface area contributed by atoms with Crippen molar-refractivity contribution in [2.45, 2.75) is 13.5 Å².